The van der Waals surface area contributed by atoms with Crippen molar-refractivity contribution in [2.75, 3.05) is 19.5 Å². The second-order valence-electron chi connectivity index (χ2n) is 5.29. The maximum absolute atomic E-state index is 12.3. The molecule has 1 aromatic heterocycles. The van der Waals surface area contributed by atoms with Gasteiger partial charge in [-0.1, -0.05) is 12.1 Å². The molecule has 0 atom stereocenters. The Morgan fingerprint density at radius 3 is 2.73 bits per heavy atom. The first kappa shape index (κ1) is 17.2. The van der Waals surface area contributed by atoms with Crippen LogP contribution < -0.4 is 14.8 Å². The van der Waals surface area contributed by atoms with Gasteiger partial charge < -0.3 is 14.8 Å². The van der Waals surface area contributed by atoms with Gasteiger partial charge in [0.2, 0.25) is 5.91 Å². The number of aromatic nitrogens is 3. The highest BCUT2D eigenvalue weighted by Gasteiger charge is 2.07. The van der Waals surface area contributed by atoms with Gasteiger partial charge in [-0.05, 0) is 36.4 Å². The molecule has 0 saturated heterocycles. The molecule has 1 amide bonds. The Morgan fingerprint density at radius 2 is 2.00 bits per heavy atom. The molecule has 2 aromatic carbocycles. The summed E-state index contributed by atoms with van der Waals surface area (Å²) in [5.74, 6) is 1.06. The van der Waals surface area contributed by atoms with Crippen molar-refractivity contribution in [2.24, 2.45) is 0 Å². The lowest BCUT2D eigenvalue weighted by Crippen LogP contribution is -2.10. The number of methoxy groups -OCH3 is 2. The number of hydrogen-bond acceptors (Lipinski definition) is 5. The Balaban J connectivity index is 1.79. The molecule has 0 saturated carbocycles. The van der Waals surface area contributed by atoms with Crippen LogP contribution in [-0.2, 0) is 4.79 Å². The van der Waals surface area contributed by atoms with E-state index in [2.05, 4.69) is 15.4 Å². The van der Waals surface area contributed by atoms with E-state index in [1.54, 1.807) is 55.6 Å². The molecule has 0 radical (unpaired) electrons. The van der Waals surface area contributed by atoms with Gasteiger partial charge in [0.15, 0.2) is 0 Å². The van der Waals surface area contributed by atoms with Gasteiger partial charge in [0.25, 0.3) is 0 Å². The molecule has 3 aromatic rings. The van der Waals surface area contributed by atoms with E-state index < -0.39 is 0 Å². The topological polar surface area (TPSA) is 78.3 Å². The molecular formula is C19H18N4O3. The van der Waals surface area contributed by atoms with E-state index in [9.17, 15) is 4.79 Å². The Kier molecular flexibility index (Phi) is 5.28. The van der Waals surface area contributed by atoms with Crippen LogP contribution in [0.4, 0.5) is 5.69 Å². The molecule has 26 heavy (non-hydrogen) atoms. The maximum atomic E-state index is 12.3. The maximum Gasteiger partial charge on any atom is 0.248 e. The Labute approximate surface area is 150 Å². The number of carbonyl (C=O) groups excluding carboxylic acids is 1. The smallest absolute Gasteiger partial charge is 0.248 e. The summed E-state index contributed by atoms with van der Waals surface area (Å²) in [5.41, 5.74) is 2.10. The Morgan fingerprint density at radius 1 is 1.15 bits per heavy atom. The summed E-state index contributed by atoms with van der Waals surface area (Å²) in [4.78, 5) is 16.3. The normalized spacial score (nSPS) is 10.7. The van der Waals surface area contributed by atoms with E-state index >= 15 is 0 Å². The van der Waals surface area contributed by atoms with Crippen LogP contribution in [0.1, 0.15) is 5.56 Å². The molecule has 7 nitrogen and oxygen atoms in total. The molecule has 1 N–H and O–H groups in total. The zero-order chi connectivity index (χ0) is 18.4. The molecule has 0 fully saturated rings. The average molecular weight is 350 g/mol. The van der Waals surface area contributed by atoms with E-state index in [-0.39, 0.29) is 5.91 Å². The van der Waals surface area contributed by atoms with Gasteiger partial charge in [0, 0.05) is 11.6 Å². The average Bonchev–Trinajstić information content (AvgIpc) is 3.21. The van der Waals surface area contributed by atoms with Crippen LogP contribution >= 0.6 is 0 Å². The van der Waals surface area contributed by atoms with Crippen molar-refractivity contribution in [3.8, 4) is 17.2 Å². The first-order chi connectivity index (χ1) is 12.7. The summed E-state index contributed by atoms with van der Waals surface area (Å²) in [6, 6.07) is 12.7. The third-order valence-electron chi connectivity index (χ3n) is 3.68. The predicted molar refractivity (Wildman–Crippen MR) is 98.6 cm³/mol. The number of para-hydroxylation sites is 2. The van der Waals surface area contributed by atoms with E-state index in [4.69, 9.17) is 9.47 Å². The number of nitrogens with one attached hydrogen (secondary N) is 1. The van der Waals surface area contributed by atoms with Crippen molar-refractivity contribution in [1.29, 1.82) is 0 Å². The van der Waals surface area contributed by atoms with E-state index in [0.717, 1.165) is 11.3 Å². The summed E-state index contributed by atoms with van der Waals surface area (Å²) in [7, 11) is 3.16. The van der Waals surface area contributed by atoms with Crippen molar-refractivity contribution in [1.82, 2.24) is 14.8 Å². The fourth-order valence-electron chi connectivity index (χ4n) is 2.42. The number of carbonyl (C=O) groups is 1. The number of benzene rings is 2. The van der Waals surface area contributed by atoms with Gasteiger partial charge in [-0.15, -0.1) is 0 Å². The summed E-state index contributed by atoms with van der Waals surface area (Å²) >= 11 is 0. The number of anilines is 1. The van der Waals surface area contributed by atoms with Gasteiger partial charge in [0.1, 0.15) is 24.2 Å². The monoisotopic (exact) mass is 350 g/mol. The lowest BCUT2D eigenvalue weighted by molar-refractivity contribution is -0.111. The summed E-state index contributed by atoms with van der Waals surface area (Å²) < 4.78 is 12.1. The fourth-order valence-corrected chi connectivity index (χ4v) is 2.42. The van der Waals surface area contributed by atoms with Crippen molar-refractivity contribution in [3.05, 3.63) is 66.8 Å². The highest BCUT2D eigenvalue weighted by Crippen LogP contribution is 2.25. The largest absolute Gasteiger partial charge is 0.497 e. The number of ether oxygens (including phenoxy) is 2. The van der Waals surface area contributed by atoms with Crippen LogP contribution in [-0.4, -0.2) is 34.9 Å². The van der Waals surface area contributed by atoms with Crippen molar-refractivity contribution >= 4 is 17.7 Å². The molecule has 0 aliphatic rings. The Hall–Kier alpha value is -3.61. The third-order valence-corrected chi connectivity index (χ3v) is 3.68. The van der Waals surface area contributed by atoms with Crippen LogP contribution in [0.3, 0.4) is 0 Å². The lowest BCUT2D eigenvalue weighted by atomic mass is 10.1. The number of hydrogen-bond donors (Lipinski definition) is 1. The zero-order valence-corrected chi connectivity index (χ0v) is 14.4. The summed E-state index contributed by atoms with van der Waals surface area (Å²) in [6.07, 6.45) is 6.12. The van der Waals surface area contributed by atoms with Crippen LogP contribution in [0.5, 0.6) is 11.5 Å². The lowest BCUT2D eigenvalue weighted by Gasteiger charge is -2.09. The standard InChI is InChI=1S/C19H18N4O3/c1-25-15-8-9-18(26-2)14(11-15)7-10-19(24)22-16-5-3-4-6-17(16)23-13-20-12-21-23/h3-13H,1-2H3,(H,22,24)/b10-7+. The van der Waals surface area contributed by atoms with Crippen LogP contribution in [0.15, 0.2) is 61.2 Å². The molecule has 1 heterocycles. The van der Waals surface area contributed by atoms with Gasteiger partial charge in [-0.2, -0.15) is 5.10 Å². The van der Waals surface area contributed by atoms with Crippen LogP contribution in [0.25, 0.3) is 11.8 Å². The Bertz CT molecular complexity index is 920. The van der Waals surface area contributed by atoms with Crippen molar-refractivity contribution < 1.29 is 14.3 Å². The predicted octanol–water partition coefficient (Wildman–Crippen LogP) is 2.94. The van der Waals surface area contributed by atoms with E-state index in [1.165, 1.54) is 12.4 Å². The van der Waals surface area contributed by atoms with Gasteiger partial charge in [-0.25, -0.2) is 9.67 Å². The number of nitrogens with zero attached hydrogens (tertiary/aromatic N) is 3. The first-order valence-corrected chi connectivity index (χ1v) is 7.86. The number of rotatable bonds is 6. The molecule has 3 rings (SSSR count). The number of amides is 1. The second-order valence-corrected chi connectivity index (χ2v) is 5.29. The van der Waals surface area contributed by atoms with Gasteiger partial charge in [0.05, 0.1) is 25.6 Å². The summed E-state index contributed by atoms with van der Waals surface area (Å²) in [5, 5.41) is 6.94. The molecule has 0 aliphatic heterocycles. The minimum Gasteiger partial charge on any atom is -0.497 e. The molecule has 7 heteroatoms. The minimum absolute atomic E-state index is 0.276. The SMILES string of the molecule is COc1ccc(OC)c(/C=C/C(=O)Nc2ccccc2-n2cncn2)c1. The third kappa shape index (κ3) is 3.89. The molecule has 0 bridgehead atoms. The van der Waals surface area contributed by atoms with Gasteiger partial charge in [-0.3, -0.25) is 4.79 Å². The van der Waals surface area contributed by atoms with E-state index in [1.807, 2.05) is 18.2 Å². The quantitative estimate of drug-likeness (QED) is 0.692. The van der Waals surface area contributed by atoms with Crippen LogP contribution in [0.2, 0.25) is 0 Å². The molecule has 0 aliphatic carbocycles. The fraction of sp³-hybridized carbons (Fsp3) is 0.105. The molecular weight excluding hydrogens is 332 g/mol. The second kappa shape index (κ2) is 7.98. The van der Waals surface area contributed by atoms with Crippen molar-refractivity contribution in [2.45, 2.75) is 0 Å². The molecule has 0 unspecified atom stereocenters. The highest BCUT2D eigenvalue weighted by atomic mass is 16.5. The summed E-state index contributed by atoms with van der Waals surface area (Å²) in [6.45, 7) is 0. The van der Waals surface area contributed by atoms with Crippen molar-refractivity contribution in [3.63, 3.8) is 0 Å². The van der Waals surface area contributed by atoms with Crippen LogP contribution in [0, 0.1) is 0 Å². The molecule has 0 spiro atoms. The zero-order valence-electron chi connectivity index (χ0n) is 14.4. The van der Waals surface area contributed by atoms with E-state index in [0.29, 0.717) is 17.2 Å². The first-order valence-electron chi connectivity index (χ1n) is 7.86. The van der Waals surface area contributed by atoms with Gasteiger partial charge >= 0.3 is 0 Å². The minimum atomic E-state index is -0.276. The molecule has 132 valence electrons. The highest BCUT2D eigenvalue weighted by molar-refractivity contribution is 6.03.